The predicted octanol–water partition coefficient (Wildman–Crippen LogP) is 2.72. The van der Waals surface area contributed by atoms with Gasteiger partial charge >= 0.3 is 5.97 Å². The Morgan fingerprint density at radius 1 is 1.19 bits per heavy atom. The van der Waals surface area contributed by atoms with E-state index >= 15 is 0 Å². The molecule has 0 amide bonds. The van der Waals surface area contributed by atoms with Crippen molar-refractivity contribution in [3.8, 4) is 5.75 Å². The standard InChI is InChI=1S/C13H18O3/c1-3-13(14)16-10-4-9-15-12-7-5-11(2)6-8-12/h5-8H,3-4,9-10H2,1-2H3. The minimum Gasteiger partial charge on any atom is -0.493 e. The first-order valence-electron chi connectivity index (χ1n) is 5.57. The van der Waals surface area contributed by atoms with Crippen molar-refractivity contribution in [2.75, 3.05) is 13.2 Å². The molecule has 0 unspecified atom stereocenters. The van der Waals surface area contributed by atoms with Crippen molar-refractivity contribution >= 4 is 5.97 Å². The van der Waals surface area contributed by atoms with Crippen LogP contribution in [-0.2, 0) is 9.53 Å². The minimum absolute atomic E-state index is 0.157. The zero-order valence-corrected chi connectivity index (χ0v) is 9.86. The Labute approximate surface area is 96.4 Å². The smallest absolute Gasteiger partial charge is 0.305 e. The number of benzene rings is 1. The summed E-state index contributed by atoms with van der Waals surface area (Å²) >= 11 is 0. The van der Waals surface area contributed by atoms with Gasteiger partial charge in [-0.2, -0.15) is 0 Å². The third-order valence-electron chi connectivity index (χ3n) is 2.13. The SMILES string of the molecule is CCC(=O)OCCCOc1ccc(C)cc1. The number of esters is 1. The maximum atomic E-state index is 10.8. The fourth-order valence-corrected chi connectivity index (χ4v) is 1.17. The van der Waals surface area contributed by atoms with E-state index in [0.29, 0.717) is 19.6 Å². The molecule has 1 rings (SSSR count). The van der Waals surface area contributed by atoms with Crippen LogP contribution in [0.15, 0.2) is 24.3 Å². The first kappa shape index (κ1) is 12.6. The van der Waals surface area contributed by atoms with Gasteiger partial charge in [-0.05, 0) is 19.1 Å². The highest BCUT2D eigenvalue weighted by atomic mass is 16.5. The summed E-state index contributed by atoms with van der Waals surface area (Å²) in [5.74, 6) is 0.697. The molecule has 0 atom stereocenters. The first-order valence-corrected chi connectivity index (χ1v) is 5.57. The minimum atomic E-state index is -0.157. The molecule has 16 heavy (non-hydrogen) atoms. The molecule has 3 heteroatoms. The van der Waals surface area contributed by atoms with Gasteiger partial charge in [0.2, 0.25) is 0 Å². The van der Waals surface area contributed by atoms with E-state index in [0.717, 1.165) is 12.2 Å². The zero-order valence-electron chi connectivity index (χ0n) is 9.86. The number of carbonyl (C=O) groups excluding carboxylic acids is 1. The zero-order chi connectivity index (χ0) is 11.8. The van der Waals surface area contributed by atoms with E-state index in [9.17, 15) is 4.79 Å². The third kappa shape index (κ3) is 4.82. The number of carbonyl (C=O) groups is 1. The average molecular weight is 222 g/mol. The molecular weight excluding hydrogens is 204 g/mol. The van der Waals surface area contributed by atoms with E-state index in [2.05, 4.69) is 0 Å². The van der Waals surface area contributed by atoms with Crippen LogP contribution >= 0.6 is 0 Å². The molecule has 0 radical (unpaired) electrons. The van der Waals surface area contributed by atoms with E-state index in [-0.39, 0.29) is 5.97 Å². The fraction of sp³-hybridized carbons (Fsp3) is 0.462. The maximum Gasteiger partial charge on any atom is 0.305 e. The highest BCUT2D eigenvalue weighted by molar-refractivity contribution is 5.68. The summed E-state index contributed by atoms with van der Waals surface area (Å²) in [6.07, 6.45) is 1.15. The van der Waals surface area contributed by atoms with Gasteiger partial charge in [-0.3, -0.25) is 4.79 Å². The molecule has 0 N–H and O–H groups in total. The van der Waals surface area contributed by atoms with E-state index < -0.39 is 0 Å². The largest absolute Gasteiger partial charge is 0.493 e. The Hall–Kier alpha value is -1.51. The molecule has 1 aromatic carbocycles. The topological polar surface area (TPSA) is 35.5 Å². The van der Waals surface area contributed by atoms with Gasteiger partial charge in [-0.1, -0.05) is 24.6 Å². The lowest BCUT2D eigenvalue weighted by molar-refractivity contribution is -0.143. The van der Waals surface area contributed by atoms with Crippen molar-refractivity contribution in [3.05, 3.63) is 29.8 Å². The van der Waals surface area contributed by atoms with Crippen LogP contribution in [0.4, 0.5) is 0 Å². The number of ether oxygens (including phenoxy) is 2. The van der Waals surface area contributed by atoms with Crippen LogP contribution in [0.1, 0.15) is 25.3 Å². The molecule has 0 aliphatic heterocycles. The van der Waals surface area contributed by atoms with Crippen molar-refractivity contribution in [1.29, 1.82) is 0 Å². The van der Waals surface area contributed by atoms with E-state index in [1.165, 1.54) is 5.56 Å². The summed E-state index contributed by atoms with van der Waals surface area (Å²) in [7, 11) is 0. The van der Waals surface area contributed by atoms with Gasteiger partial charge in [0.05, 0.1) is 13.2 Å². The molecule has 0 saturated heterocycles. The number of hydrogen-bond acceptors (Lipinski definition) is 3. The van der Waals surface area contributed by atoms with Crippen LogP contribution in [0.3, 0.4) is 0 Å². The molecule has 0 bridgehead atoms. The third-order valence-corrected chi connectivity index (χ3v) is 2.13. The number of rotatable bonds is 6. The second-order valence-electron chi connectivity index (χ2n) is 3.59. The van der Waals surface area contributed by atoms with Crippen molar-refractivity contribution < 1.29 is 14.3 Å². The molecule has 0 fully saturated rings. The molecule has 88 valence electrons. The van der Waals surface area contributed by atoms with Gasteiger partial charge in [-0.25, -0.2) is 0 Å². The summed E-state index contributed by atoms with van der Waals surface area (Å²) in [5, 5.41) is 0. The predicted molar refractivity (Wildman–Crippen MR) is 62.5 cm³/mol. The van der Waals surface area contributed by atoms with Crippen LogP contribution in [-0.4, -0.2) is 19.2 Å². The van der Waals surface area contributed by atoms with Gasteiger partial charge in [0, 0.05) is 12.8 Å². The Balaban J connectivity index is 2.11. The van der Waals surface area contributed by atoms with Crippen molar-refractivity contribution in [3.63, 3.8) is 0 Å². The van der Waals surface area contributed by atoms with E-state index in [4.69, 9.17) is 9.47 Å². The molecule has 0 aromatic heterocycles. The summed E-state index contributed by atoms with van der Waals surface area (Å²) in [6.45, 7) is 4.82. The molecule has 0 heterocycles. The van der Waals surface area contributed by atoms with Crippen LogP contribution < -0.4 is 4.74 Å². The first-order chi connectivity index (χ1) is 7.72. The normalized spacial score (nSPS) is 9.88. The van der Waals surface area contributed by atoms with E-state index in [1.54, 1.807) is 6.92 Å². The summed E-state index contributed by atoms with van der Waals surface area (Å²) in [6, 6.07) is 7.89. The van der Waals surface area contributed by atoms with Gasteiger partial charge < -0.3 is 9.47 Å². The fourth-order valence-electron chi connectivity index (χ4n) is 1.17. The van der Waals surface area contributed by atoms with Gasteiger partial charge in [0.15, 0.2) is 0 Å². The van der Waals surface area contributed by atoms with Gasteiger partial charge in [0.1, 0.15) is 5.75 Å². The van der Waals surface area contributed by atoms with Crippen molar-refractivity contribution in [2.45, 2.75) is 26.7 Å². The second kappa shape index (κ2) is 6.88. The summed E-state index contributed by atoms with van der Waals surface area (Å²) < 4.78 is 10.4. The number of aryl methyl sites for hydroxylation is 1. The quantitative estimate of drug-likeness (QED) is 0.548. The lowest BCUT2D eigenvalue weighted by atomic mass is 10.2. The lowest BCUT2D eigenvalue weighted by Gasteiger charge is -2.06. The summed E-state index contributed by atoms with van der Waals surface area (Å²) in [5.41, 5.74) is 1.21. The number of hydrogen-bond donors (Lipinski definition) is 0. The molecular formula is C13H18O3. The van der Waals surface area contributed by atoms with Crippen molar-refractivity contribution in [1.82, 2.24) is 0 Å². The highest BCUT2D eigenvalue weighted by Crippen LogP contribution is 2.11. The Kier molecular flexibility index (Phi) is 5.40. The average Bonchev–Trinajstić information content (AvgIpc) is 2.31. The van der Waals surface area contributed by atoms with E-state index in [1.807, 2.05) is 31.2 Å². The molecule has 0 saturated carbocycles. The van der Waals surface area contributed by atoms with Gasteiger partial charge in [-0.15, -0.1) is 0 Å². The van der Waals surface area contributed by atoms with Crippen molar-refractivity contribution in [2.24, 2.45) is 0 Å². The molecule has 3 nitrogen and oxygen atoms in total. The van der Waals surface area contributed by atoms with Crippen LogP contribution in [0.25, 0.3) is 0 Å². The Bertz CT molecular complexity index is 316. The Morgan fingerprint density at radius 3 is 2.50 bits per heavy atom. The molecule has 0 spiro atoms. The molecule has 1 aromatic rings. The monoisotopic (exact) mass is 222 g/mol. The second-order valence-corrected chi connectivity index (χ2v) is 3.59. The van der Waals surface area contributed by atoms with Crippen LogP contribution in [0.2, 0.25) is 0 Å². The lowest BCUT2D eigenvalue weighted by Crippen LogP contribution is -2.07. The highest BCUT2D eigenvalue weighted by Gasteiger charge is 1.98. The Morgan fingerprint density at radius 2 is 1.88 bits per heavy atom. The molecule has 0 aliphatic rings. The van der Waals surface area contributed by atoms with Crippen LogP contribution in [0, 0.1) is 6.92 Å². The maximum absolute atomic E-state index is 10.8. The molecule has 0 aliphatic carbocycles. The van der Waals surface area contributed by atoms with Gasteiger partial charge in [0.25, 0.3) is 0 Å². The summed E-state index contributed by atoms with van der Waals surface area (Å²) in [4.78, 5) is 10.8. The van der Waals surface area contributed by atoms with Crippen LogP contribution in [0.5, 0.6) is 5.75 Å².